The second-order valence-electron chi connectivity index (χ2n) is 14.1. The molecule has 1 N–H and O–H groups in total. The molecule has 0 heterocycles. The van der Waals surface area contributed by atoms with E-state index in [2.05, 4.69) is 138 Å². The molecule has 6 nitrogen and oxygen atoms in total. The van der Waals surface area contributed by atoms with Gasteiger partial charge < -0.3 is 27.6 Å². The number of ether oxygens (including phenoxy) is 1. The van der Waals surface area contributed by atoms with Gasteiger partial charge >= 0.3 is 5.97 Å². The standard InChI is InChI=1S/C52H45N4O2P2.ClH/c57-52(58-41-21-40-53-42-22-7-1-8-23-42)50-34-19-20-35-51(50)60(48-30-15-5-16-31-48,49-32-17-6-18-33-49)56-55-54-43-36-38-47(39-37-43)59(44-24-9-2-10-25-44,45-26-11-3-12-27-45)46-28-13-4-14-29-46;/h1-20,22-39,53H,21,40-41H2;1H/q+1;/p-1. The van der Waals surface area contributed by atoms with Crippen molar-refractivity contribution in [2.75, 3.05) is 18.5 Å². The maximum absolute atomic E-state index is 14.0. The molecule has 9 heteroatoms. The van der Waals surface area contributed by atoms with Crippen LogP contribution in [0, 0.1) is 0 Å². The van der Waals surface area contributed by atoms with E-state index in [-0.39, 0.29) is 19.0 Å². The highest BCUT2D eigenvalue weighted by Crippen LogP contribution is 2.62. The number of carbonyl (C=O) groups excluding carboxylic acids is 1. The van der Waals surface area contributed by atoms with Crippen LogP contribution in [0.3, 0.4) is 0 Å². The largest absolute Gasteiger partial charge is 1.00 e. The van der Waals surface area contributed by atoms with Gasteiger partial charge in [0.15, 0.2) is 7.41 Å². The fourth-order valence-electron chi connectivity index (χ4n) is 7.62. The van der Waals surface area contributed by atoms with Gasteiger partial charge in [-0.05, 0) is 109 Å². The molecule has 0 fully saturated rings. The first-order chi connectivity index (χ1) is 29.7. The topological polar surface area (TPSA) is 77.1 Å². The number of hydrogen-bond donors (Lipinski definition) is 1. The van der Waals surface area contributed by atoms with Crippen molar-refractivity contribution in [2.24, 2.45) is 10.3 Å². The number of hydrogen-bond acceptors (Lipinski definition) is 5. The number of para-hydroxylation sites is 1. The van der Waals surface area contributed by atoms with Crippen molar-refractivity contribution < 1.29 is 21.9 Å². The van der Waals surface area contributed by atoms with Crippen molar-refractivity contribution >= 4 is 69.2 Å². The molecule has 0 aromatic heterocycles. The number of benzene rings is 8. The molecule has 0 aliphatic carbocycles. The van der Waals surface area contributed by atoms with Gasteiger partial charge in [0, 0.05) is 12.2 Å². The first-order valence-corrected chi connectivity index (χ1v) is 23.6. The van der Waals surface area contributed by atoms with Crippen LogP contribution in [0.5, 0.6) is 0 Å². The fourth-order valence-corrected chi connectivity index (χ4v) is 15.2. The highest BCUT2D eigenvalue weighted by Gasteiger charge is 2.48. The normalized spacial score (nSPS) is 11.3. The Balaban J connectivity index is 0.00000561. The van der Waals surface area contributed by atoms with E-state index in [9.17, 15) is 4.79 Å². The summed E-state index contributed by atoms with van der Waals surface area (Å²) in [6, 6.07) is 78.7. The molecule has 8 aromatic rings. The highest BCUT2D eigenvalue weighted by molar-refractivity contribution is 8.01. The number of rotatable bonds is 16. The van der Waals surface area contributed by atoms with Crippen LogP contribution in [0.1, 0.15) is 16.8 Å². The van der Waals surface area contributed by atoms with Crippen LogP contribution in [0.4, 0.5) is 11.4 Å². The van der Waals surface area contributed by atoms with E-state index in [1.165, 1.54) is 21.2 Å². The summed E-state index contributed by atoms with van der Waals surface area (Å²) >= 11 is 0. The number of esters is 1. The second kappa shape index (κ2) is 20.7. The predicted octanol–water partition coefficient (Wildman–Crippen LogP) is 7.25. The molecular formula is C52H45ClN4O2P2. The van der Waals surface area contributed by atoms with Gasteiger partial charge in [-0.3, -0.25) is 0 Å². The Hall–Kier alpha value is -6.42. The average molecular weight is 855 g/mol. The number of nitrogens with zero attached hydrogens (tertiary/aromatic N) is 3. The van der Waals surface area contributed by atoms with E-state index in [0.29, 0.717) is 24.2 Å². The van der Waals surface area contributed by atoms with Gasteiger partial charge in [0.1, 0.15) is 50.0 Å². The molecule has 0 amide bonds. The van der Waals surface area contributed by atoms with Gasteiger partial charge in [0.25, 0.3) is 0 Å². The van der Waals surface area contributed by atoms with E-state index in [1.54, 1.807) is 0 Å². The lowest BCUT2D eigenvalue weighted by Crippen LogP contribution is -3.00. The number of nitrogens with one attached hydrogen (secondary N) is 1. The van der Waals surface area contributed by atoms with E-state index in [1.807, 2.05) is 103 Å². The quantitative estimate of drug-likeness (QED) is 0.0366. The third kappa shape index (κ3) is 9.33. The molecule has 0 spiro atoms. The molecule has 0 bridgehead atoms. The SMILES string of the molecule is O=C(OCCCNc1ccccc1)c1ccccc1[P+]([N-]N=Nc1ccc([P+](c2ccccc2)(c2ccccc2)c2ccccc2)cc1)(c1ccccc1)c1ccccc1.[Cl-]. The van der Waals surface area contributed by atoms with Crippen molar-refractivity contribution in [3.63, 3.8) is 0 Å². The van der Waals surface area contributed by atoms with Crippen LogP contribution in [0.25, 0.3) is 5.20 Å². The lowest BCUT2D eigenvalue weighted by atomic mass is 10.2. The van der Waals surface area contributed by atoms with Gasteiger partial charge in [0.05, 0.1) is 6.61 Å². The predicted molar refractivity (Wildman–Crippen MR) is 254 cm³/mol. The summed E-state index contributed by atoms with van der Waals surface area (Å²) in [5.74, 6) is -0.397. The van der Waals surface area contributed by atoms with Crippen LogP contribution in [0.15, 0.2) is 241 Å². The Kier molecular flexibility index (Phi) is 14.5. The molecular weight excluding hydrogens is 810 g/mol. The second-order valence-corrected chi connectivity index (χ2v) is 20.5. The maximum atomic E-state index is 14.0. The van der Waals surface area contributed by atoms with Gasteiger partial charge in [-0.2, -0.15) is 0 Å². The van der Waals surface area contributed by atoms with Crippen LogP contribution in [-0.2, 0) is 4.74 Å². The molecule has 0 saturated carbocycles. The monoisotopic (exact) mass is 854 g/mol. The summed E-state index contributed by atoms with van der Waals surface area (Å²) in [5, 5.41) is 25.7. The van der Waals surface area contributed by atoms with Crippen LogP contribution in [-0.4, -0.2) is 19.1 Å². The van der Waals surface area contributed by atoms with E-state index >= 15 is 0 Å². The summed E-state index contributed by atoms with van der Waals surface area (Å²) in [5.41, 5.74) is 2.16. The lowest BCUT2D eigenvalue weighted by molar-refractivity contribution is -0.0000295. The lowest BCUT2D eigenvalue weighted by Gasteiger charge is -2.30. The Labute approximate surface area is 365 Å². The number of anilines is 1. The number of halogens is 1. The molecule has 8 aromatic carbocycles. The summed E-state index contributed by atoms with van der Waals surface area (Å²) in [4.78, 5) is 14.0. The van der Waals surface area contributed by atoms with Crippen molar-refractivity contribution in [3.8, 4) is 0 Å². The first-order valence-electron chi connectivity index (χ1n) is 20.1. The van der Waals surface area contributed by atoms with Gasteiger partial charge in [-0.15, -0.1) is 0 Å². The minimum absolute atomic E-state index is 0. The van der Waals surface area contributed by atoms with E-state index < -0.39 is 20.6 Å². The summed E-state index contributed by atoms with van der Waals surface area (Å²) in [6.07, 6.45) is 0.656. The van der Waals surface area contributed by atoms with Crippen LogP contribution < -0.4 is 54.9 Å². The molecule has 0 saturated heterocycles. The van der Waals surface area contributed by atoms with Gasteiger partial charge in [0.2, 0.25) is 0 Å². The molecule has 302 valence electrons. The molecule has 0 atom stereocenters. The number of carbonyl (C=O) groups is 1. The Morgan fingerprint density at radius 2 is 0.902 bits per heavy atom. The highest BCUT2D eigenvalue weighted by atomic mass is 35.5. The molecule has 0 radical (unpaired) electrons. The van der Waals surface area contributed by atoms with Crippen molar-refractivity contribution in [2.45, 2.75) is 6.42 Å². The van der Waals surface area contributed by atoms with Gasteiger partial charge in [-0.1, -0.05) is 133 Å². The van der Waals surface area contributed by atoms with Crippen molar-refractivity contribution in [1.82, 2.24) is 0 Å². The fraction of sp³-hybridized carbons (Fsp3) is 0.0577. The molecule has 0 aliphatic rings. The average Bonchev–Trinajstić information content (AvgIpc) is 3.33. The van der Waals surface area contributed by atoms with Crippen LogP contribution in [0.2, 0.25) is 0 Å². The van der Waals surface area contributed by atoms with E-state index in [0.717, 1.165) is 21.6 Å². The van der Waals surface area contributed by atoms with Crippen molar-refractivity contribution in [3.05, 3.63) is 241 Å². The Bertz CT molecular complexity index is 2470. The van der Waals surface area contributed by atoms with Crippen LogP contribution >= 0.6 is 14.7 Å². The zero-order valence-corrected chi connectivity index (χ0v) is 36.0. The zero-order valence-electron chi connectivity index (χ0n) is 33.5. The zero-order chi connectivity index (χ0) is 40.9. The molecule has 0 aliphatic heterocycles. The third-order valence-corrected chi connectivity index (χ3v) is 18.2. The minimum Gasteiger partial charge on any atom is -1.00 e. The Morgan fingerprint density at radius 3 is 1.39 bits per heavy atom. The van der Waals surface area contributed by atoms with Gasteiger partial charge in [-0.25, -0.2) is 15.2 Å². The smallest absolute Gasteiger partial charge is 0.342 e. The maximum Gasteiger partial charge on any atom is 0.342 e. The third-order valence-electron chi connectivity index (χ3n) is 10.4. The molecule has 61 heavy (non-hydrogen) atoms. The summed E-state index contributed by atoms with van der Waals surface area (Å²) in [7, 11) is -5.24. The minimum atomic E-state index is -2.97. The Morgan fingerprint density at radius 1 is 0.492 bits per heavy atom. The molecule has 8 rings (SSSR count). The first kappa shape index (κ1) is 42.7. The summed E-state index contributed by atoms with van der Waals surface area (Å²) in [6.45, 7) is 0.943. The summed E-state index contributed by atoms with van der Waals surface area (Å²) < 4.78 is 5.93. The van der Waals surface area contributed by atoms with E-state index in [4.69, 9.17) is 15.0 Å². The molecule has 0 unspecified atom stereocenters. The van der Waals surface area contributed by atoms with Crippen molar-refractivity contribution in [1.29, 1.82) is 0 Å².